The van der Waals surface area contributed by atoms with Gasteiger partial charge in [0, 0.05) is 117 Å². The molecule has 19 nitrogen and oxygen atoms in total. The zero-order valence-electron chi connectivity index (χ0n) is 51.0. The molecule has 10 atom stereocenters. The molecule has 0 bridgehead atoms. The van der Waals surface area contributed by atoms with Crippen molar-refractivity contribution in [3.8, 4) is 0 Å². The van der Waals surface area contributed by atoms with Crippen LogP contribution in [0.15, 0.2) is 42.5 Å². The molecule has 456 valence electrons. The maximum absolute atomic E-state index is 14.9. The SMILES string of the molecule is CC[C@H](C)[C@@H]([C@@H](CC(=O)N1CCC[C@H]1[C@H](OC)[C@@H](C)C(=O)C[C@@]1(C(=O)N2CCCCO2)C[C@@H]1c1ccccc1)OC)N(C)C(=O)[C@@H](CC(=O)[C@H](C(C)C)N(C)CCCC(=O)OC1CCN(C(=O)CCCN2C(=O)C=CC2=O)CC1)C(C)C. The van der Waals surface area contributed by atoms with Gasteiger partial charge in [0.25, 0.3) is 17.7 Å². The second-order valence-corrected chi connectivity index (χ2v) is 24.6. The average molecular weight is 1150 g/mol. The van der Waals surface area contributed by atoms with Gasteiger partial charge >= 0.3 is 5.97 Å². The molecule has 1 saturated carbocycles. The van der Waals surface area contributed by atoms with Crippen molar-refractivity contribution >= 4 is 53.0 Å². The Bertz CT molecular complexity index is 2390. The van der Waals surface area contributed by atoms with E-state index in [2.05, 4.69) is 0 Å². The van der Waals surface area contributed by atoms with Gasteiger partial charge in [-0.2, -0.15) is 0 Å². The van der Waals surface area contributed by atoms with E-state index >= 15 is 0 Å². The van der Waals surface area contributed by atoms with Gasteiger partial charge in [-0.25, -0.2) is 5.06 Å². The van der Waals surface area contributed by atoms with E-state index in [1.54, 1.807) is 31.1 Å². The number of ketones is 2. The summed E-state index contributed by atoms with van der Waals surface area (Å²) in [7, 11) is 6.76. The average Bonchev–Trinajstić information content (AvgIpc) is 2.18. The van der Waals surface area contributed by atoms with Crippen molar-refractivity contribution in [3.63, 3.8) is 0 Å². The lowest BCUT2D eigenvalue weighted by atomic mass is 9.83. The molecule has 19 heteroatoms. The van der Waals surface area contributed by atoms with E-state index in [0.717, 1.165) is 29.7 Å². The number of rotatable bonds is 31. The molecule has 6 rings (SSSR count). The summed E-state index contributed by atoms with van der Waals surface area (Å²) in [4.78, 5) is 136. The summed E-state index contributed by atoms with van der Waals surface area (Å²) in [5.41, 5.74) is 0.104. The van der Waals surface area contributed by atoms with Crippen LogP contribution in [0.25, 0.3) is 0 Å². The van der Waals surface area contributed by atoms with Crippen LogP contribution in [0.5, 0.6) is 0 Å². The Hall–Kier alpha value is -5.37. The standard InChI is InChI=1S/C63H96N6O13/c1-12-43(6)59(52(79-10)38-56(75)67-31-18-23-49(67)60(80-11)44(7)51(71)40-63(62(78)69-33-16-17-36-81-69)39-48(63)45-21-14-13-15-22-45)65(9)61(77)47(41(2)3)37-50(70)58(42(4)5)64(8)30-20-25-57(76)82-46-28-34-66(35-29-46)53(72)24-19-32-68-54(73)26-27-55(68)74/h13-15,21-22,26-27,41-44,46-49,52,58-60H,12,16-20,23-25,28-40H2,1-11H3/t43-,44-,47-,48+,49-,52+,58-,59-,60+,63-/m0/s1. The summed E-state index contributed by atoms with van der Waals surface area (Å²) in [5, 5.41) is 1.47. The highest BCUT2D eigenvalue weighted by molar-refractivity contribution is 6.12. The molecule has 0 unspecified atom stereocenters. The number of nitrogens with zero attached hydrogens (tertiary/aromatic N) is 6. The second kappa shape index (κ2) is 30.4. The number of hydrogen-bond donors (Lipinski definition) is 0. The largest absolute Gasteiger partial charge is 0.462 e. The van der Waals surface area contributed by atoms with Crippen molar-refractivity contribution in [1.82, 2.24) is 29.6 Å². The number of hydroxylamine groups is 2. The molecule has 82 heavy (non-hydrogen) atoms. The minimum absolute atomic E-state index is 0.00927. The van der Waals surface area contributed by atoms with Gasteiger partial charge in [0.05, 0.1) is 48.8 Å². The number of benzene rings is 1. The minimum atomic E-state index is -0.916. The maximum Gasteiger partial charge on any atom is 0.306 e. The fourth-order valence-corrected chi connectivity index (χ4v) is 13.4. The lowest BCUT2D eigenvalue weighted by Gasteiger charge is -2.41. The Morgan fingerprint density at radius 2 is 1.45 bits per heavy atom. The highest BCUT2D eigenvalue weighted by Crippen LogP contribution is 2.63. The molecule has 3 saturated heterocycles. The summed E-state index contributed by atoms with van der Waals surface area (Å²) in [6, 6.07) is 8.45. The van der Waals surface area contributed by atoms with Crippen LogP contribution in [0.1, 0.15) is 156 Å². The van der Waals surface area contributed by atoms with Gasteiger partial charge < -0.3 is 28.9 Å². The Labute approximate surface area is 487 Å². The number of ether oxygens (including phenoxy) is 3. The lowest BCUT2D eigenvalue weighted by molar-refractivity contribution is -0.203. The third kappa shape index (κ3) is 16.3. The van der Waals surface area contributed by atoms with E-state index in [9.17, 15) is 43.2 Å². The second-order valence-electron chi connectivity index (χ2n) is 24.6. The summed E-state index contributed by atoms with van der Waals surface area (Å²) in [6.45, 7) is 16.7. The van der Waals surface area contributed by atoms with Gasteiger partial charge in [-0.15, -0.1) is 0 Å². The van der Waals surface area contributed by atoms with Crippen LogP contribution in [-0.4, -0.2) is 193 Å². The van der Waals surface area contributed by atoms with Crippen molar-refractivity contribution in [2.75, 3.05) is 74.2 Å². The van der Waals surface area contributed by atoms with Crippen molar-refractivity contribution in [1.29, 1.82) is 0 Å². The molecule has 6 amide bonds. The van der Waals surface area contributed by atoms with Crippen LogP contribution in [-0.2, 0) is 62.2 Å². The topological polar surface area (TPSA) is 210 Å². The van der Waals surface area contributed by atoms with Gasteiger partial charge in [-0.3, -0.25) is 57.8 Å². The monoisotopic (exact) mass is 1140 g/mol. The molecule has 4 fully saturated rings. The molecule has 0 N–H and O–H groups in total. The number of methoxy groups -OCH3 is 2. The van der Waals surface area contributed by atoms with E-state index < -0.39 is 47.6 Å². The first-order valence-electron chi connectivity index (χ1n) is 30.5. The van der Waals surface area contributed by atoms with Crippen molar-refractivity contribution in [3.05, 3.63) is 48.0 Å². The molecule has 4 heterocycles. The summed E-state index contributed by atoms with van der Waals surface area (Å²) >= 11 is 0. The first kappa shape index (κ1) is 65.8. The van der Waals surface area contributed by atoms with Crippen LogP contribution in [0.4, 0.5) is 0 Å². The predicted octanol–water partition coefficient (Wildman–Crippen LogP) is 6.80. The van der Waals surface area contributed by atoms with Crippen LogP contribution in [0.2, 0.25) is 0 Å². The lowest BCUT2D eigenvalue weighted by Crippen LogP contribution is -2.54. The molecule has 1 aliphatic carbocycles. The van der Waals surface area contributed by atoms with Crippen molar-refractivity contribution in [2.24, 2.45) is 35.0 Å². The Kier molecular flexibility index (Phi) is 24.4. The Morgan fingerprint density at radius 3 is 2.05 bits per heavy atom. The number of piperidine rings is 1. The van der Waals surface area contributed by atoms with Gasteiger partial charge in [-0.1, -0.05) is 85.2 Å². The maximum atomic E-state index is 14.9. The number of likely N-dealkylation sites (tertiary alicyclic amines) is 2. The number of carbonyl (C=O) groups excluding carboxylic acids is 9. The minimum Gasteiger partial charge on any atom is -0.462 e. The normalized spacial score (nSPS) is 23.0. The molecular weight excluding hydrogens is 1050 g/mol. The molecular formula is C63H96N6O13. The van der Waals surface area contributed by atoms with Gasteiger partial charge in [0.1, 0.15) is 11.9 Å². The van der Waals surface area contributed by atoms with Gasteiger partial charge in [-0.05, 0) is 87.8 Å². The fourth-order valence-electron chi connectivity index (χ4n) is 13.4. The van der Waals surface area contributed by atoms with E-state index in [4.69, 9.17) is 19.0 Å². The van der Waals surface area contributed by atoms with E-state index in [1.807, 2.05) is 95.6 Å². The number of hydrogen-bond acceptors (Lipinski definition) is 14. The van der Waals surface area contributed by atoms with Gasteiger partial charge in [0.15, 0.2) is 5.78 Å². The highest BCUT2D eigenvalue weighted by atomic mass is 16.7. The van der Waals surface area contributed by atoms with E-state index in [-0.39, 0.29) is 121 Å². The highest BCUT2D eigenvalue weighted by Gasteiger charge is 2.63. The zero-order valence-corrected chi connectivity index (χ0v) is 51.0. The molecule has 0 radical (unpaired) electrons. The summed E-state index contributed by atoms with van der Waals surface area (Å²) < 4.78 is 18.1. The van der Waals surface area contributed by atoms with Crippen LogP contribution >= 0.6 is 0 Å². The number of esters is 1. The van der Waals surface area contributed by atoms with Crippen LogP contribution in [0.3, 0.4) is 0 Å². The van der Waals surface area contributed by atoms with Crippen LogP contribution < -0.4 is 0 Å². The quantitative estimate of drug-likeness (QED) is 0.0553. The molecule has 4 aliphatic heterocycles. The first-order valence-corrected chi connectivity index (χ1v) is 30.5. The molecule has 0 aromatic heterocycles. The van der Waals surface area contributed by atoms with Crippen molar-refractivity contribution in [2.45, 2.75) is 187 Å². The Morgan fingerprint density at radius 1 is 0.768 bits per heavy atom. The number of Topliss-reactive ketones (excluding diaryl/α,β-unsaturated/α-hetero) is 2. The van der Waals surface area contributed by atoms with Crippen LogP contribution in [0, 0.1) is 35.0 Å². The Balaban J connectivity index is 1.01. The third-order valence-corrected chi connectivity index (χ3v) is 18.4. The number of imide groups is 1. The molecule has 5 aliphatic rings. The molecule has 1 aromatic carbocycles. The number of amides is 6. The van der Waals surface area contributed by atoms with Gasteiger partial charge in [0.2, 0.25) is 17.7 Å². The van der Waals surface area contributed by atoms with Crippen molar-refractivity contribution < 1.29 is 62.2 Å². The number of likely N-dealkylation sites (N-methyl/N-ethyl adjacent to an activating group) is 2. The molecule has 0 spiro atoms. The smallest absolute Gasteiger partial charge is 0.306 e. The first-order chi connectivity index (χ1) is 39.1. The number of carbonyl (C=O) groups is 9. The molecule has 1 aromatic rings. The summed E-state index contributed by atoms with van der Waals surface area (Å²) in [5.74, 6) is -3.54. The van der Waals surface area contributed by atoms with E-state index in [1.165, 1.54) is 17.2 Å². The zero-order chi connectivity index (χ0) is 60.0. The fraction of sp³-hybridized carbons (Fsp3) is 0.730. The third-order valence-electron chi connectivity index (χ3n) is 18.4. The predicted molar refractivity (Wildman–Crippen MR) is 308 cm³/mol. The van der Waals surface area contributed by atoms with E-state index in [0.29, 0.717) is 84.3 Å². The summed E-state index contributed by atoms with van der Waals surface area (Å²) in [6.07, 6.45) is 7.42.